The zero-order valence-corrected chi connectivity index (χ0v) is 8.06. The quantitative estimate of drug-likeness (QED) is 0.677. The van der Waals surface area contributed by atoms with Crippen molar-refractivity contribution >= 4 is 6.29 Å². The predicted octanol–water partition coefficient (Wildman–Crippen LogP) is 1.12. The van der Waals surface area contributed by atoms with Gasteiger partial charge >= 0.3 is 0 Å². The summed E-state index contributed by atoms with van der Waals surface area (Å²) in [6.45, 7) is 2.57. The molecular formula is C10H14N2O2. The predicted molar refractivity (Wildman–Crippen MR) is 51.2 cm³/mol. The standard InChI is InChI=1S/C10H14N2O2/c13-8-10-11-3-4-12(10)7-9-1-5-14-6-2-9/h3-4,8-9H,1-2,5-7H2. The molecule has 0 N–H and O–H groups in total. The van der Waals surface area contributed by atoms with Crippen LogP contribution in [0.2, 0.25) is 0 Å². The molecule has 0 saturated carbocycles. The van der Waals surface area contributed by atoms with Gasteiger partial charge in [0.05, 0.1) is 0 Å². The van der Waals surface area contributed by atoms with E-state index in [1.54, 1.807) is 6.20 Å². The fourth-order valence-corrected chi connectivity index (χ4v) is 1.80. The van der Waals surface area contributed by atoms with Crippen molar-refractivity contribution in [3.8, 4) is 0 Å². The van der Waals surface area contributed by atoms with E-state index in [4.69, 9.17) is 4.74 Å². The van der Waals surface area contributed by atoms with Crippen LogP contribution in [-0.4, -0.2) is 29.1 Å². The molecule has 4 nitrogen and oxygen atoms in total. The normalized spacial score (nSPS) is 18.3. The molecule has 76 valence electrons. The summed E-state index contributed by atoms with van der Waals surface area (Å²) in [5.41, 5.74) is 0. The van der Waals surface area contributed by atoms with E-state index < -0.39 is 0 Å². The summed E-state index contributed by atoms with van der Waals surface area (Å²) >= 11 is 0. The van der Waals surface area contributed by atoms with E-state index in [-0.39, 0.29) is 0 Å². The van der Waals surface area contributed by atoms with Crippen molar-refractivity contribution in [1.82, 2.24) is 9.55 Å². The second kappa shape index (κ2) is 4.37. The maximum atomic E-state index is 10.6. The van der Waals surface area contributed by atoms with Crippen LogP contribution in [-0.2, 0) is 11.3 Å². The van der Waals surface area contributed by atoms with Gasteiger partial charge in [-0.2, -0.15) is 0 Å². The Kier molecular flexibility index (Phi) is 2.93. The average molecular weight is 194 g/mol. The van der Waals surface area contributed by atoms with Gasteiger partial charge in [0.15, 0.2) is 12.1 Å². The van der Waals surface area contributed by atoms with Crippen LogP contribution in [0.5, 0.6) is 0 Å². The van der Waals surface area contributed by atoms with Crippen LogP contribution >= 0.6 is 0 Å². The Bertz CT molecular complexity index is 303. The molecule has 0 aromatic carbocycles. The summed E-state index contributed by atoms with van der Waals surface area (Å²) in [6, 6.07) is 0. The Morgan fingerprint density at radius 1 is 1.57 bits per heavy atom. The highest BCUT2D eigenvalue weighted by atomic mass is 16.5. The number of carbonyl (C=O) groups is 1. The van der Waals surface area contributed by atoms with Crippen LogP contribution in [0, 0.1) is 5.92 Å². The lowest BCUT2D eigenvalue weighted by atomic mass is 10.0. The molecule has 1 saturated heterocycles. The number of aromatic nitrogens is 2. The summed E-state index contributed by atoms with van der Waals surface area (Å²) in [5, 5.41) is 0. The van der Waals surface area contributed by atoms with Gasteiger partial charge in [0.25, 0.3) is 0 Å². The molecule has 1 aliphatic heterocycles. The molecule has 0 aliphatic carbocycles. The molecule has 0 radical (unpaired) electrons. The van der Waals surface area contributed by atoms with Crippen molar-refractivity contribution in [3.63, 3.8) is 0 Å². The summed E-state index contributed by atoms with van der Waals surface area (Å²) in [6.07, 6.45) is 6.49. The molecule has 0 amide bonds. The third-order valence-corrected chi connectivity index (χ3v) is 2.65. The number of aldehydes is 1. The highest BCUT2D eigenvalue weighted by Crippen LogP contribution is 2.17. The number of imidazole rings is 1. The summed E-state index contributed by atoms with van der Waals surface area (Å²) in [4.78, 5) is 14.6. The number of carbonyl (C=O) groups excluding carboxylic acids is 1. The minimum atomic E-state index is 0.525. The van der Waals surface area contributed by atoms with E-state index in [1.807, 2.05) is 10.8 Å². The molecule has 1 fully saturated rings. The molecule has 0 atom stereocenters. The Labute approximate surface area is 82.9 Å². The second-order valence-corrected chi connectivity index (χ2v) is 3.61. The van der Waals surface area contributed by atoms with Crippen LogP contribution in [0.4, 0.5) is 0 Å². The van der Waals surface area contributed by atoms with E-state index in [9.17, 15) is 4.79 Å². The van der Waals surface area contributed by atoms with Crippen LogP contribution in [0.15, 0.2) is 12.4 Å². The fraction of sp³-hybridized carbons (Fsp3) is 0.600. The molecule has 0 spiro atoms. The van der Waals surface area contributed by atoms with Crippen LogP contribution < -0.4 is 0 Å². The summed E-state index contributed by atoms with van der Waals surface area (Å²) in [5.74, 6) is 1.15. The van der Waals surface area contributed by atoms with Gasteiger partial charge in [0, 0.05) is 32.2 Å². The number of nitrogens with zero attached hydrogens (tertiary/aromatic N) is 2. The number of hydrogen-bond donors (Lipinski definition) is 0. The zero-order chi connectivity index (χ0) is 9.80. The van der Waals surface area contributed by atoms with Gasteiger partial charge in [0.2, 0.25) is 0 Å². The monoisotopic (exact) mass is 194 g/mol. The number of rotatable bonds is 3. The minimum absolute atomic E-state index is 0.525. The number of ether oxygens (including phenoxy) is 1. The number of hydrogen-bond acceptors (Lipinski definition) is 3. The SMILES string of the molecule is O=Cc1nccn1CC1CCOCC1. The van der Waals surface area contributed by atoms with E-state index >= 15 is 0 Å². The fourth-order valence-electron chi connectivity index (χ4n) is 1.80. The highest BCUT2D eigenvalue weighted by Gasteiger charge is 2.15. The second-order valence-electron chi connectivity index (χ2n) is 3.61. The lowest BCUT2D eigenvalue weighted by Gasteiger charge is -2.22. The molecule has 2 rings (SSSR count). The first-order valence-corrected chi connectivity index (χ1v) is 4.94. The van der Waals surface area contributed by atoms with Gasteiger partial charge in [-0.15, -0.1) is 0 Å². The molecule has 14 heavy (non-hydrogen) atoms. The molecule has 4 heteroatoms. The third-order valence-electron chi connectivity index (χ3n) is 2.65. The van der Waals surface area contributed by atoms with Crippen molar-refractivity contribution in [2.75, 3.05) is 13.2 Å². The van der Waals surface area contributed by atoms with Crippen molar-refractivity contribution in [3.05, 3.63) is 18.2 Å². The van der Waals surface area contributed by atoms with Gasteiger partial charge in [-0.05, 0) is 18.8 Å². The maximum absolute atomic E-state index is 10.6. The molecule has 2 heterocycles. The molecule has 0 bridgehead atoms. The first-order valence-electron chi connectivity index (χ1n) is 4.94. The first-order chi connectivity index (χ1) is 6.90. The van der Waals surface area contributed by atoms with Gasteiger partial charge in [-0.3, -0.25) is 4.79 Å². The Hall–Kier alpha value is -1.16. The van der Waals surface area contributed by atoms with Crippen LogP contribution in [0.25, 0.3) is 0 Å². The Morgan fingerprint density at radius 2 is 2.36 bits per heavy atom. The van der Waals surface area contributed by atoms with Crippen LogP contribution in [0.1, 0.15) is 23.5 Å². The van der Waals surface area contributed by atoms with Crippen molar-refractivity contribution in [2.45, 2.75) is 19.4 Å². The minimum Gasteiger partial charge on any atom is -0.381 e. The Balaban J connectivity index is 1.98. The molecule has 1 aromatic rings. The largest absolute Gasteiger partial charge is 0.381 e. The molecular weight excluding hydrogens is 180 g/mol. The van der Waals surface area contributed by atoms with Crippen molar-refractivity contribution in [1.29, 1.82) is 0 Å². The molecule has 0 unspecified atom stereocenters. The van der Waals surface area contributed by atoms with Crippen molar-refractivity contribution in [2.24, 2.45) is 5.92 Å². The topological polar surface area (TPSA) is 44.1 Å². The smallest absolute Gasteiger partial charge is 0.185 e. The maximum Gasteiger partial charge on any atom is 0.185 e. The van der Waals surface area contributed by atoms with Gasteiger partial charge in [0.1, 0.15) is 0 Å². The third kappa shape index (κ3) is 2.01. The average Bonchev–Trinajstić information content (AvgIpc) is 2.67. The Morgan fingerprint density at radius 3 is 3.07 bits per heavy atom. The van der Waals surface area contributed by atoms with E-state index in [1.165, 1.54) is 0 Å². The first kappa shape index (κ1) is 9.40. The van der Waals surface area contributed by atoms with E-state index in [2.05, 4.69) is 4.98 Å². The summed E-state index contributed by atoms with van der Waals surface area (Å²) in [7, 11) is 0. The van der Waals surface area contributed by atoms with Crippen molar-refractivity contribution < 1.29 is 9.53 Å². The van der Waals surface area contributed by atoms with Crippen LogP contribution in [0.3, 0.4) is 0 Å². The molecule has 1 aromatic heterocycles. The lowest BCUT2D eigenvalue weighted by Crippen LogP contribution is -2.21. The zero-order valence-electron chi connectivity index (χ0n) is 8.06. The lowest BCUT2D eigenvalue weighted by molar-refractivity contribution is 0.0610. The van der Waals surface area contributed by atoms with E-state index in [0.717, 1.165) is 38.9 Å². The highest BCUT2D eigenvalue weighted by molar-refractivity contribution is 5.69. The van der Waals surface area contributed by atoms with Gasteiger partial charge in [-0.1, -0.05) is 0 Å². The molecule has 1 aliphatic rings. The van der Waals surface area contributed by atoms with Gasteiger partial charge < -0.3 is 9.30 Å². The van der Waals surface area contributed by atoms with E-state index in [0.29, 0.717) is 11.7 Å². The van der Waals surface area contributed by atoms with Gasteiger partial charge in [-0.25, -0.2) is 4.98 Å². The summed E-state index contributed by atoms with van der Waals surface area (Å²) < 4.78 is 7.20.